The lowest BCUT2D eigenvalue weighted by atomic mass is 9.82. The molecule has 0 spiro atoms. The number of rotatable bonds is 14. The van der Waals surface area contributed by atoms with Crippen molar-refractivity contribution in [2.24, 2.45) is 11.3 Å². The molecular formula is C30H44N2O6S. The van der Waals surface area contributed by atoms with Crippen molar-refractivity contribution in [1.82, 2.24) is 9.21 Å². The van der Waals surface area contributed by atoms with E-state index in [1.807, 2.05) is 44.2 Å². The number of methoxy groups -OCH3 is 1. The van der Waals surface area contributed by atoms with Crippen molar-refractivity contribution in [2.75, 3.05) is 26.7 Å². The summed E-state index contributed by atoms with van der Waals surface area (Å²) in [5.41, 5.74) is 0.762. The average molecular weight is 561 g/mol. The van der Waals surface area contributed by atoms with Gasteiger partial charge in [0.15, 0.2) is 0 Å². The topological polar surface area (TPSA) is 107 Å². The van der Waals surface area contributed by atoms with Crippen LogP contribution in [0.3, 0.4) is 0 Å². The Kier molecular flexibility index (Phi) is 10.8. The van der Waals surface area contributed by atoms with E-state index in [0.29, 0.717) is 12.3 Å². The number of nitrogens with zero attached hydrogens (tertiary/aromatic N) is 2. The van der Waals surface area contributed by atoms with Gasteiger partial charge in [-0.25, -0.2) is 13.2 Å². The molecule has 0 aromatic heterocycles. The molecule has 8 nitrogen and oxygen atoms in total. The van der Waals surface area contributed by atoms with Crippen LogP contribution in [0.25, 0.3) is 0 Å². The Hall–Kier alpha value is -2.62. The highest BCUT2D eigenvalue weighted by molar-refractivity contribution is 7.89. The minimum Gasteiger partial charge on any atom is -0.497 e. The Morgan fingerprint density at radius 1 is 1.03 bits per heavy atom. The standard InChI is InChI=1S/C30H44N2O6S/c1-5-30(17-9-10-18-30)22-32(29(34)35)27(19-24-11-7-6-8-12-24)28(33)21-31(20-23(2)3)39(36,37)26-15-13-25(38-4)14-16-26/h6-8,11-16,23,27-28,33H,5,9-10,17-22H2,1-4H3,(H,34,35)/t27-,28+/m0/s1. The maximum Gasteiger partial charge on any atom is 0.407 e. The third-order valence-corrected chi connectivity index (χ3v) is 9.80. The molecule has 1 aliphatic rings. The molecule has 1 saturated carbocycles. The zero-order chi connectivity index (χ0) is 28.6. The molecule has 2 N–H and O–H groups in total. The highest BCUT2D eigenvalue weighted by Gasteiger charge is 2.40. The SMILES string of the molecule is CCC1(CN(C(=O)O)[C@@H](Cc2ccccc2)[C@H](O)CN(CC(C)C)S(=O)(=O)c2ccc(OC)cc2)CCCC1. The van der Waals surface area contributed by atoms with E-state index in [0.717, 1.165) is 37.7 Å². The van der Waals surface area contributed by atoms with Crippen LogP contribution in [0.1, 0.15) is 58.4 Å². The summed E-state index contributed by atoms with van der Waals surface area (Å²) >= 11 is 0. The van der Waals surface area contributed by atoms with Gasteiger partial charge in [-0.1, -0.05) is 63.9 Å². The number of hydrogen-bond donors (Lipinski definition) is 2. The second-order valence-corrected chi connectivity index (χ2v) is 13.1. The first kappa shape index (κ1) is 30.9. The van der Waals surface area contributed by atoms with Crippen LogP contribution in [0.4, 0.5) is 4.79 Å². The van der Waals surface area contributed by atoms with Crippen molar-refractivity contribution >= 4 is 16.1 Å². The fourth-order valence-electron chi connectivity index (χ4n) is 5.65. The van der Waals surface area contributed by atoms with Gasteiger partial charge in [0.2, 0.25) is 10.0 Å². The van der Waals surface area contributed by atoms with Crippen molar-refractivity contribution in [1.29, 1.82) is 0 Å². The molecule has 0 unspecified atom stereocenters. The van der Waals surface area contributed by atoms with Gasteiger partial charge in [-0.15, -0.1) is 0 Å². The average Bonchev–Trinajstić information content (AvgIpc) is 3.39. The largest absolute Gasteiger partial charge is 0.497 e. The number of hydrogen-bond acceptors (Lipinski definition) is 5. The third kappa shape index (κ3) is 7.96. The molecule has 3 rings (SSSR count). The van der Waals surface area contributed by atoms with Crippen LogP contribution in [0.5, 0.6) is 5.75 Å². The highest BCUT2D eigenvalue weighted by atomic mass is 32.2. The van der Waals surface area contributed by atoms with Crippen LogP contribution in [0.15, 0.2) is 59.5 Å². The van der Waals surface area contributed by atoms with Gasteiger partial charge in [-0.3, -0.25) is 0 Å². The summed E-state index contributed by atoms with van der Waals surface area (Å²) < 4.78 is 33.9. The monoisotopic (exact) mass is 560 g/mol. The molecule has 2 aromatic carbocycles. The highest BCUT2D eigenvalue weighted by Crippen LogP contribution is 2.42. The summed E-state index contributed by atoms with van der Waals surface area (Å²) in [6, 6.07) is 14.8. The number of amides is 1. The minimum absolute atomic E-state index is 0.00442. The van der Waals surface area contributed by atoms with E-state index in [1.165, 1.54) is 28.4 Å². The van der Waals surface area contributed by atoms with E-state index in [9.17, 15) is 23.4 Å². The zero-order valence-corrected chi connectivity index (χ0v) is 24.4. The number of carboxylic acid groups (broad SMARTS) is 1. The molecule has 1 fully saturated rings. The normalized spacial score (nSPS) is 16.8. The summed E-state index contributed by atoms with van der Waals surface area (Å²) in [4.78, 5) is 14.2. The molecule has 1 amide bonds. The lowest BCUT2D eigenvalue weighted by Gasteiger charge is -2.40. The van der Waals surface area contributed by atoms with Crippen LogP contribution in [-0.4, -0.2) is 72.8 Å². The lowest BCUT2D eigenvalue weighted by molar-refractivity contribution is 0.0174. The molecular weight excluding hydrogens is 516 g/mol. The molecule has 0 saturated heterocycles. The van der Waals surface area contributed by atoms with Crippen molar-refractivity contribution in [3.8, 4) is 5.75 Å². The summed E-state index contributed by atoms with van der Waals surface area (Å²) in [6.07, 6.45) is 2.85. The Balaban J connectivity index is 1.96. The number of ether oxygens (including phenoxy) is 1. The second-order valence-electron chi connectivity index (χ2n) is 11.2. The van der Waals surface area contributed by atoms with E-state index in [2.05, 4.69) is 6.92 Å². The number of benzene rings is 2. The van der Waals surface area contributed by atoms with Gasteiger partial charge in [-0.05, 0) is 66.8 Å². The first-order valence-electron chi connectivity index (χ1n) is 13.9. The van der Waals surface area contributed by atoms with Crippen LogP contribution in [0, 0.1) is 11.3 Å². The van der Waals surface area contributed by atoms with Gasteiger partial charge in [0.05, 0.1) is 24.2 Å². The van der Waals surface area contributed by atoms with Crippen molar-refractivity contribution < 1.29 is 28.2 Å². The molecule has 0 aliphatic heterocycles. The minimum atomic E-state index is -3.96. The molecule has 0 radical (unpaired) electrons. The number of sulfonamides is 1. The van der Waals surface area contributed by atoms with E-state index in [-0.39, 0.29) is 35.7 Å². The fourth-order valence-corrected chi connectivity index (χ4v) is 7.27. The van der Waals surface area contributed by atoms with E-state index in [4.69, 9.17) is 4.74 Å². The van der Waals surface area contributed by atoms with E-state index < -0.39 is 28.3 Å². The summed E-state index contributed by atoms with van der Waals surface area (Å²) in [5.74, 6) is 0.538. The Labute approximate surface area is 233 Å². The third-order valence-electron chi connectivity index (χ3n) is 7.95. The van der Waals surface area contributed by atoms with Gasteiger partial charge in [0.25, 0.3) is 0 Å². The Morgan fingerprint density at radius 3 is 2.15 bits per heavy atom. The fraction of sp³-hybridized carbons (Fsp3) is 0.567. The molecule has 9 heteroatoms. The Bertz CT molecular complexity index is 1150. The number of carbonyl (C=O) groups is 1. The maximum atomic E-state index is 13.7. The number of aliphatic hydroxyl groups excluding tert-OH is 1. The molecule has 2 atom stereocenters. The number of aliphatic hydroxyl groups is 1. The Morgan fingerprint density at radius 2 is 1.64 bits per heavy atom. The quantitative estimate of drug-likeness (QED) is 0.326. The van der Waals surface area contributed by atoms with Gasteiger partial charge in [0, 0.05) is 19.6 Å². The first-order chi connectivity index (χ1) is 18.5. The predicted octanol–water partition coefficient (Wildman–Crippen LogP) is 5.26. The molecule has 39 heavy (non-hydrogen) atoms. The van der Waals surface area contributed by atoms with Gasteiger partial charge >= 0.3 is 6.09 Å². The molecule has 1 aliphatic carbocycles. The van der Waals surface area contributed by atoms with Crippen LogP contribution < -0.4 is 4.74 Å². The van der Waals surface area contributed by atoms with E-state index >= 15 is 0 Å². The van der Waals surface area contributed by atoms with Crippen LogP contribution in [-0.2, 0) is 16.4 Å². The van der Waals surface area contributed by atoms with Crippen molar-refractivity contribution in [3.05, 3.63) is 60.2 Å². The van der Waals surface area contributed by atoms with Crippen molar-refractivity contribution in [3.63, 3.8) is 0 Å². The van der Waals surface area contributed by atoms with Crippen LogP contribution in [0.2, 0.25) is 0 Å². The summed E-state index contributed by atoms with van der Waals surface area (Å²) in [5, 5.41) is 22.0. The van der Waals surface area contributed by atoms with E-state index in [1.54, 1.807) is 12.1 Å². The van der Waals surface area contributed by atoms with Crippen molar-refractivity contribution in [2.45, 2.75) is 76.3 Å². The maximum absolute atomic E-state index is 13.7. The first-order valence-corrected chi connectivity index (χ1v) is 15.3. The van der Waals surface area contributed by atoms with Crippen LogP contribution >= 0.6 is 0 Å². The second kappa shape index (κ2) is 13.6. The molecule has 0 bridgehead atoms. The predicted molar refractivity (Wildman–Crippen MR) is 152 cm³/mol. The summed E-state index contributed by atoms with van der Waals surface area (Å²) in [7, 11) is -2.44. The van der Waals surface area contributed by atoms with Gasteiger partial charge in [-0.2, -0.15) is 4.31 Å². The zero-order valence-electron chi connectivity index (χ0n) is 23.6. The molecule has 2 aromatic rings. The van der Waals surface area contributed by atoms with Gasteiger partial charge < -0.3 is 19.8 Å². The smallest absolute Gasteiger partial charge is 0.407 e. The molecule has 216 valence electrons. The molecule has 0 heterocycles. The lowest BCUT2D eigenvalue weighted by Crippen LogP contribution is -2.55. The van der Waals surface area contributed by atoms with Gasteiger partial charge in [0.1, 0.15) is 5.75 Å². The summed E-state index contributed by atoms with van der Waals surface area (Å²) in [6.45, 7) is 6.23.